The van der Waals surface area contributed by atoms with Gasteiger partial charge in [-0.25, -0.2) is 0 Å². The topological polar surface area (TPSA) is 0 Å². The van der Waals surface area contributed by atoms with Gasteiger partial charge in [-0.3, -0.25) is 0 Å². The molecular formula is C29H26Cl2Zr. The minimum absolute atomic E-state index is 0. The number of fused-ring (bicyclic) bond motifs is 6. The van der Waals surface area contributed by atoms with Gasteiger partial charge >= 0.3 is 185 Å². The van der Waals surface area contributed by atoms with Crippen molar-refractivity contribution < 1.29 is 48.0 Å². The quantitative estimate of drug-likeness (QED) is 0.367. The molecule has 0 aromatic heterocycles. The fraction of sp³-hybridized carbons (Fsp3) is 0.172. The van der Waals surface area contributed by atoms with Gasteiger partial charge in [0, 0.05) is 0 Å². The van der Waals surface area contributed by atoms with Gasteiger partial charge in [0.15, 0.2) is 0 Å². The van der Waals surface area contributed by atoms with Crippen LogP contribution in [0.15, 0.2) is 84.9 Å². The summed E-state index contributed by atoms with van der Waals surface area (Å²) in [6.45, 7) is 4.61. The van der Waals surface area contributed by atoms with Gasteiger partial charge in [0.2, 0.25) is 0 Å². The van der Waals surface area contributed by atoms with Crippen molar-refractivity contribution in [2.75, 3.05) is 0 Å². The van der Waals surface area contributed by atoms with E-state index in [-0.39, 0.29) is 32.2 Å². The van der Waals surface area contributed by atoms with Crippen LogP contribution in [0.1, 0.15) is 48.1 Å². The summed E-state index contributed by atoms with van der Waals surface area (Å²) in [5.41, 5.74) is 15.2. The maximum atomic E-state index is 2.39. The van der Waals surface area contributed by atoms with E-state index in [9.17, 15) is 0 Å². The SMILES string of the molecule is C.Cc1cccc2c1[CH]([Zr+2][CH]1c3ccccc3-c3cccc(C)c31)c1ccccc1-2.[Cl-].[Cl-]. The molecule has 0 spiro atoms. The van der Waals surface area contributed by atoms with Crippen molar-refractivity contribution in [1.82, 2.24) is 0 Å². The van der Waals surface area contributed by atoms with Gasteiger partial charge < -0.3 is 24.8 Å². The third-order valence-electron chi connectivity index (χ3n) is 6.68. The second kappa shape index (κ2) is 9.68. The predicted molar refractivity (Wildman–Crippen MR) is 124 cm³/mol. The largest absolute Gasteiger partial charge is 1.00 e. The van der Waals surface area contributed by atoms with Crippen LogP contribution < -0.4 is 24.8 Å². The summed E-state index contributed by atoms with van der Waals surface area (Å²) in [5, 5.41) is 0. The molecule has 0 saturated carbocycles. The van der Waals surface area contributed by atoms with E-state index < -0.39 is 23.2 Å². The Hall–Kier alpha value is -1.66. The van der Waals surface area contributed by atoms with E-state index in [0.717, 1.165) is 0 Å². The molecule has 160 valence electrons. The van der Waals surface area contributed by atoms with Crippen LogP contribution in [0.4, 0.5) is 0 Å². The smallest absolute Gasteiger partial charge is 1.00 e. The van der Waals surface area contributed by atoms with E-state index in [1.54, 1.807) is 22.3 Å². The Kier molecular flexibility index (Phi) is 7.56. The molecule has 32 heavy (non-hydrogen) atoms. The number of hydrogen-bond acceptors (Lipinski definition) is 0. The molecule has 2 unspecified atom stereocenters. The Morgan fingerprint density at radius 1 is 0.500 bits per heavy atom. The molecule has 6 rings (SSSR count). The van der Waals surface area contributed by atoms with Crippen LogP contribution in [0.25, 0.3) is 22.3 Å². The molecule has 0 fully saturated rings. The third-order valence-corrected chi connectivity index (χ3v) is 11.3. The van der Waals surface area contributed by atoms with Crippen molar-refractivity contribution in [2.45, 2.75) is 28.5 Å². The van der Waals surface area contributed by atoms with E-state index in [0.29, 0.717) is 7.25 Å². The molecule has 2 atom stereocenters. The van der Waals surface area contributed by atoms with Crippen molar-refractivity contribution in [3.63, 3.8) is 0 Å². The predicted octanol–water partition coefficient (Wildman–Crippen LogP) is 1.87. The zero-order valence-corrected chi connectivity index (χ0v) is 21.5. The molecule has 4 aromatic carbocycles. The first kappa shape index (κ1) is 25.0. The van der Waals surface area contributed by atoms with Gasteiger partial charge in [0.1, 0.15) is 0 Å². The minimum Gasteiger partial charge on any atom is -1.00 e. The minimum atomic E-state index is -0.881. The van der Waals surface area contributed by atoms with Gasteiger partial charge in [-0.15, -0.1) is 0 Å². The second-order valence-electron chi connectivity index (χ2n) is 8.28. The van der Waals surface area contributed by atoms with Crippen molar-refractivity contribution in [3.8, 4) is 22.3 Å². The number of halogens is 2. The van der Waals surface area contributed by atoms with Gasteiger partial charge in [0.05, 0.1) is 0 Å². The molecular weight excluding hydrogens is 510 g/mol. The molecule has 0 aliphatic heterocycles. The van der Waals surface area contributed by atoms with Crippen LogP contribution in [0, 0.1) is 13.8 Å². The molecule has 0 amide bonds. The number of rotatable bonds is 2. The van der Waals surface area contributed by atoms with Crippen LogP contribution in [-0.4, -0.2) is 0 Å². The maximum absolute atomic E-state index is 2.39. The van der Waals surface area contributed by atoms with E-state index in [4.69, 9.17) is 0 Å². The van der Waals surface area contributed by atoms with Crippen LogP contribution in [0.3, 0.4) is 0 Å². The average Bonchev–Trinajstić information content (AvgIpc) is 3.24. The first-order valence-electron chi connectivity index (χ1n) is 10.4. The summed E-state index contributed by atoms with van der Waals surface area (Å²) in [6.07, 6.45) is 0. The van der Waals surface area contributed by atoms with Gasteiger partial charge in [-0.1, -0.05) is 7.43 Å². The summed E-state index contributed by atoms with van der Waals surface area (Å²) >= 11 is -0.881. The zero-order chi connectivity index (χ0) is 19.5. The Bertz CT molecular complexity index is 1180. The molecule has 3 heteroatoms. The molecule has 0 heterocycles. The van der Waals surface area contributed by atoms with E-state index in [1.807, 2.05) is 0 Å². The molecule has 0 radical (unpaired) electrons. The molecule has 0 N–H and O–H groups in total. The Morgan fingerprint density at radius 3 is 1.31 bits per heavy atom. The summed E-state index contributed by atoms with van der Waals surface area (Å²) < 4.78 is 1.24. The Balaban J connectivity index is 0.000000963. The van der Waals surface area contributed by atoms with Gasteiger partial charge in [-0.2, -0.15) is 0 Å². The standard InChI is InChI=1S/2C14H11.CH4.2ClH.Zr/c2*1-10-5-4-8-13-12-7-3-2-6-11(12)9-14(10)13;;;;/h2*2-9H,1H3;1H4;2*1H;/q;;;;;+2/p-2. The first-order valence-corrected chi connectivity index (χ1v) is 13.2. The van der Waals surface area contributed by atoms with Gasteiger partial charge in [0.25, 0.3) is 0 Å². The summed E-state index contributed by atoms with van der Waals surface area (Å²) in [5.74, 6) is 0. The van der Waals surface area contributed by atoms with Crippen LogP contribution in [-0.2, 0) is 23.2 Å². The summed E-state index contributed by atoms with van der Waals surface area (Å²) in [7, 11) is 0. The van der Waals surface area contributed by atoms with E-state index in [2.05, 4.69) is 98.8 Å². The van der Waals surface area contributed by atoms with Gasteiger partial charge in [-0.05, 0) is 0 Å². The van der Waals surface area contributed by atoms with Crippen molar-refractivity contribution >= 4 is 0 Å². The molecule has 0 nitrogen and oxygen atoms in total. The number of hydrogen-bond donors (Lipinski definition) is 0. The fourth-order valence-corrected chi connectivity index (χ4v) is 11.1. The van der Waals surface area contributed by atoms with Crippen molar-refractivity contribution in [3.05, 3.63) is 118 Å². The van der Waals surface area contributed by atoms with E-state index in [1.165, 1.54) is 33.4 Å². The first-order chi connectivity index (χ1) is 14.2. The fourth-order valence-electron chi connectivity index (χ4n) is 5.41. The van der Waals surface area contributed by atoms with Crippen LogP contribution in [0.2, 0.25) is 0 Å². The normalized spacial score (nSPS) is 16.2. The van der Waals surface area contributed by atoms with Crippen molar-refractivity contribution in [2.24, 2.45) is 0 Å². The van der Waals surface area contributed by atoms with E-state index >= 15 is 0 Å². The molecule has 2 aliphatic rings. The zero-order valence-electron chi connectivity index (χ0n) is 17.5. The molecule has 4 aromatic rings. The Morgan fingerprint density at radius 2 is 0.875 bits per heavy atom. The van der Waals surface area contributed by atoms with Crippen molar-refractivity contribution in [1.29, 1.82) is 0 Å². The second-order valence-corrected chi connectivity index (χ2v) is 11.9. The third kappa shape index (κ3) is 3.64. The average molecular weight is 537 g/mol. The summed E-state index contributed by atoms with van der Waals surface area (Å²) in [6, 6.07) is 32.0. The van der Waals surface area contributed by atoms with Crippen LogP contribution >= 0.6 is 0 Å². The molecule has 0 bridgehead atoms. The maximum Gasteiger partial charge on any atom is -1.00 e. The monoisotopic (exact) mass is 534 g/mol. The number of benzene rings is 4. The molecule has 0 saturated heterocycles. The summed E-state index contributed by atoms with van der Waals surface area (Å²) in [4.78, 5) is 0. The molecule has 2 aliphatic carbocycles. The number of aryl methyl sites for hydroxylation is 2. The van der Waals surface area contributed by atoms with Crippen LogP contribution in [0.5, 0.6) is 0 Å². The Labute approximate surface area is 215 Å².